The third kappa shape index (κ3) is 3.13. The van der Waals surface area contributed by atoms with Crippen LogP contribution in [0.3, 0.4) is 0 Å². The summed E-state index contributed by atoms with van der Waals surface area (Å²) in [6.07, 6.45) is 0.940. The van der Waals surface area contributed by atoms with Crippen molar-refractivity contribution in [2.45, 2.75) is 24.5 Å². The molecular formula is C16H21ClN2O3. The van der Waals surface area contributed by atoms with E-state index in [4.69, 9.17) is 26.8 Å². The molecule has 2 aliphatic heterocycles. The van der Waals surface area contributed by atoms with Gasteiger partial charge in [-0.05, 0) is 18.9 Å². The highest BCUT2D eigenvalue weighted by Crippen LogP contribution is 2.30. The van der Waals surface area contributed by atoms with Crippen LogP contribution < -0.4 is 5.73 Å². The van der Waals surface area contributed by atoms with Crippen molar-refractivity contribution in [2.75, 3.05) is 32.9 Å². The van der Waals surface area contributed by atoms with Crippen LogP contribution in [0.5, 0.6) is 0 Å². The number of halogens is 1. The smallest absolute Gasteiger partial charge is 0.243 e. The Morgan fingerprint density at radius 3 is 2.73 bits per heavy atom. The zero-order chi connectivity index (χ0) is 15.6. The SMILES string of the molecule is NC1(C(=O)N2CCOC(c3ccccc3Cl)C2)CCOCC1. The number of rotatable bonds is 2. The topological polar surface area (TPSA) is 64.8 Å². The van der Waals surface area contributed by atoms with E-state index < -0.39 is 5.54 Å². The average Bonchev–Trinajstić information content (AvgIpc) is 2.55. The Kier molecular flexibility index (Phi) is 4.68. The summed E-state index contributed by atoms with van der Waals surface area (Å²) in [5.41, 5.74) is 6.42. The standard InChI is InChI=1S/C16H21ClN2O3/c17-13-4-2-1-3-12(13)14-11-19(7-10-22-14)15(20)16(18)5-8-21-9-6-16/h1-4,14H,5-11,18H2. The Morgan fingerprint density at radius 1 is 1.27 bits per heavy atom. The Morgan fingerprint density at radius 2 is 2.00 bits per heavy atom. The number of ether oxygens (including phenoxy) is 2. The van der Waals surface area contributed by atoms with Gasteiger partial charge in [0.05, 0.1) is 18.7 Å². The van der Waals surface area contributed by atoms with Gasteiger partial charge in [0.2, 0.25) is 5.91 Å². The summed E-state index contributed by atoms with van der Waals surface area (Å²) in [5, 5.41) is 0.662. The molecule has 22 heavy (non-hydrogen) atoms. The van der Waals surface area contributed by atoms with Crippen molar-refractivity contribution in [3.05, 3.63) is 34.9 Å². The van der Waals surface area contributed by atoms with E-state index in [0.717, 1.165) is 5.56 Å². The lowest BCUT2D eigenvalue weighted by atomic mass is 9.89. The maximum absolute atomic E-state index is 12.8. The molecule has 1 atom stereocenters. The molecule has 2 saturated heterocycles. The van der Waals surface area contributed by atoms with Crippen molar-refractivity contribution in [1.82, 2.24) is 4.90 Å². The second-order valence-corrected chi connectivity index (χ2v) is 6.31. The molecule has 1 aromatic rings. The first-order valence-electron chi connectivity index (χ1n) is 7.62. The van der Waals surface area contributed by atoms with E-state index in [0.29, 0.717) is 50.8 Å². The van der Waals surface area contributed by atoms with Crippen molar-refractivity contribution < 1.29 is 14.3 Å². The van der Waals surface area contributed by atoms with E-state index in [1.54, 1.807) is 0 Å². The summed E-state index contributed by atoms with van der Waals surface area (Å²) in [6, 6.07) is 7.58. The minimum atomic E-state index is -0.805. The molecular weight excluding hydrogens is 304 g/mol. The molecule has 1 amide bonds. The Bertz CT molecular complexity index is 546. The van der Waals surface area contributed by atoms with Gasteiger partial charge in [-0.15, -0.1) is 0 Å². The molecule has 0 radical (unpaired) electrons. The van der Waals surface area contributed by atoms with Gasteiger partial charge in [-0.1, -0.05) is 29.8 Å². The molecule has 0 aromatic heterocycles. The molecule has 6 heteroatoms. The van der Waals surface area contributed by atoms with Crippen LogP contribution in [0, 0.1) is 0 Å². The lowest BCUT2D eigenvalue weighted by molar-refractivity contribution is -0.148. The second kappa shape index (κ2) is 6.54. The summed E-state index contributed by atoms with van der Waals surface area (Å²) in [5.74, 6) is -0.00356. The lowest BCUT2D eigenvalue weighted by Gasteiger charge is -2.40. The first kappa shape index (κ1) is 15.7. The van der Waals surface area contributed by atoms with Gasteiger partial charge in [-0.2, -0.15) is 0 Å². The largest absolute Gasteiger partial charge is 0.381 e. The summed E-state index contributed by atoms with van der Waals surface area (Å²) in [4.78, 5) is 14.6. The van der Waals surface area contributed by atoms with Gasteiger partial charge in [0.1, 0.15) is 6.10 Å². The first-order valence-corrected chi connectivity index (χ1v) is 8.00. The van der Waals surface area contributed by atoms with E-state index in [9.17, 15) is 4.79 Å². The van der Waals surface area contributed by atoms with Crippen molar-refractivity contribution in [3.8, 4) is 0 Å². The lowest BCUT2D eigenvalue weighted by Crippen LogP contribution is -2.60. The number of benzene rings is 1. The predicted octanol–water partition coefficient (Wildman–Crippen LogP) is 1.75. The summed E-state index contributed by atoms with van der Waals surface area (Å²) >= 11 is 6.24. The minimum absolute atomic E-state index is 0.00356. The molecule has 1 unspecified atom stereocenters. The molecule has 5 nitrogen and oxygen atoms in total. The predicted molar refractivity (Wildman–Crippen MR) is 83.7 cm³/mol. The van der Waals surface area contributed by atoms with E-state index in [1.165, 1.54) is 0 Å². The fraction of sp³-hybridized carbons (Fsp3) is 0.562. The van der Waals surface area contributed by atoms with Crippen molar-refractivity contribution >= 4 is 17.5 Å². The maximum Gasteiger partial charge on any atom is 0.243 e. The molecule has 0 spiro atoms. The first-order chi connectivity index (χ1) is 10.6. The number of amides is 1. The molecule has 0 bridgehead atoms. The van der Waals surface area contributed by atoms with Gasteiger partial charge in [-0.3, -0.25) is 4.79 Å². The third-order valence-electron chi connectivity index (χ3n) is 4.42. The highest BCUT2D eigenvalue weighted by Gasteiger charge is 2.40. The number of carbonyl (C=O) groups excluding carboxylic acids is 1. The van der Waals surface area contributed by atoms with Gasteiger partial charge in [-0.25, -0.2) is 0 Å². The number of carbonyl (C=O) groups is 1. The number of hydrogen-bond acceptors (Lipinski definition) is 4. The number of hydrogen-bond donors (Lipinski definition) is 1. The highest BCUT2D eigenvalue weighted by atomic mass is 35.5. The van der Waals surface area contributed by atoms with Crippen molar-refractivity contribution in [3.63, 3.8) is 0 Å². The van der Waals surface area contributed by atoms with Crippen molar-refractivity contribution in [2.24, 2.45) is 5.73 Å². The molecule has 2 aliphatic rings. The maximum atomic E-state index is 12.8. The normalized spacial score (nSPS) is 25.0. The van der Waals surface area contributed by atoms with Crippen LogP contribution in [0.15, 0.2) is 24.3 Å². The molecule has 2 N–H and O–H groups in total. The molecule has 1 aromatic carbocycles. The monoisotopic (exact) mass is 324 g/mol. The van der Waals surface area contributed by atoms with E-state index in [2.05, 4.69) is 0 Å². The summed E-state index contributed by atoms with van der Waals surface area (Å²) in [7, 11) is 0. The van der Waals surface area contributed by atoms with Crippen LogP contribution in [0.2, 0.25) is 5.02 Å². The van der Waals surface area contributed by atoms with Crippen LogP contribution in [0.1, 0.15) is 24.5 Å². The van der Waals surface area contributed by atoms with Crippen LogP contribution in [-0.2, 0) is 14.3 Å². The van der Waals surface area contributed by atoms with Crippen LogP contribution >= 0.6 is 11.6 Å². The van der Waals surface area contributed by atoms with E-state index in [1.807, 2.05) is 29.2 Å². The van der Waals surface area contributed by atoms with Crippen LogP contribution in [-0.4, -0.2) is 49.3 Å². The number of morpholine rings is 1. The van der Waals surface area contributed by atoms with Gasteiger partial charge in [0.25, 0.3) is 0 Å². The molecule has 0 saturated carbocycles. The second-order valence-electron chi connectivity index (χ2n) is 5.90. The third-order valence-corrected chi connectivity index (χ3v) is 4.76. The average molecular weight is 325 g/mol. The summed E-state index contributed by atoms with van der Waals surface area (Å²) in [6.45, 7) is 2.64. The summed E-state index contributed by atoms with van der Waals surface area (Å²) < 4.78 is 11.1. The highest BCUT2D eigenvalue weighted by molar-refractivity contribution is 6.31. The van der Waals surface area contributed by atoms with Crippen molar-refractivity contribution in [1.29, 1.82) is 0 Å². The fourth-order valence-electron chi connectivity index (χ4n) is 3.02. The molecule has 2 fully saturated rings. The minimum Gasteiger partial charge on any atom is -0.381 e. The molecule has 120 valence electrons. The van der Waals surface area contributed by atoms with E-state index >= 15 is 0 Å². The van der Waals surface area contributed by atoms with Crippen LogP contribution in [0.25, 0.3) is 0 Å². The fourth-order valence-corrected chi connectivity index (χ4v) is 3.28. The Hall–Kier alpha value is -1.14. The van der Waals surface area contributed by atoms with E-state index in [-0.39, 0.29) is 12.0 Å². The van der Waals surface area contributed by atoms with Gasteiger partial charge in [0, 0.05) is 30.3 Å². The Labute approximate surface area is 135 Å². The number of nitrogens with zero attached hydrogens (tertiary/aromatic N) is 1. The van der Waals surface area contributed by atoms with Gasteiger partial charge < -0.3 is 20.1 Å². The number of nitrogens with two attached hydrogens (primary N) is 1. The van der Waals surface area contributed by atoms with Gasteiger partial charge >= 0.3 is 0 Å². The Balaban J connectivity index is 1.73. The zero-order valence-corrected chi connectivity index (χ0v) is 13.2. The van der Waals surface area contributed by atoms with Gasteiger partial charge in [0.15, 0.2) is 0 Å². The van der Waals surface area contributed by atoms with Crippen LogP contribution in [0.4, 0.5) is 0 Å². The quantitative estimate of drug-likeness (QED) is 0.900. The molecule has 2 heterocycles. The molecule has 0 aliphatic carbocycles. The zero-order valence-electron chi connectivity index (χ0n) is 12.5. The molecule has 3 rings (SSSR count).